The van der Waals surface area contributed by atoms with Crippen LogP contribution in [0.4, 0.5) is 5.69 Å². The molecule has 0 aliphatic heterocycles. The fourth-order valence-electron chi connectivity index (χ4n) is 3.19. The number of amides is 1. The van der Waals surface area contributed by atoms with E-state index in [2.05, 4.69) is 22.8 Å². The second-order valence-electron chi connectivity index (χ2n) is 7.10. The van der Waals surface area contributed by atoms with E-state index >= 15 is 0 Å². The van der Waals surface area contributed by atoms with E-state index in [1.54, 1.807) is 13.0 Å². The second-order valence-corrected chi connectivity index (χ2v) is 8.66. The van der Waals surface area contributed by atoms with Crippen molar-refractivity contribution in [2.75, 3.05) is 5.32 Å². The molecule has 7 heteroatoms. The molecule has 2 atom stereocenters. The van der Waals surface area contributed by atoms with E-state index in [0.717, 1.165) is 17.5 Å². The first-order chi connectivity index (χ1) is 14.3. The van der Waals surface area contributed by atoms with Gasteiger partial charge >= 0.3 is 0 Å². The summed E-state index contributed by atoms with van der Waals surface area (Å²) in [5.74, 6) is -0.268. The summed E-state index contributed by atoms with van der Waals surface area (Å²) in [6.45, 7) is 1.78. The zero-order valence-electron chi connectivity index (χ0n) is 16.7. The molecule has 3 aromatic rings. The van der Waals surface area contributed by atoms with E-state index < -0.39 is 16.1 Å². The van der Waals surface area contributed by atoms with Crippen molar-refractivity contribution in [2.24, 2.45) is 5.14 Å². The molecule has 156 valence electrons. The SMILES string of the molecule is CC(NC(Cc1ccccc1)c1ccccc1)C(=O)Nc1cccc(S(N)(=O)=O)c1. The maximum absolute atomic E-state index is 12.7. The number of hydrogen-bond donors (Lipinski definition) is 3. The summed E-state index contributed by atoms with van der Waals surface area (Å²) in [7, 11) is -3.84. The fraction of sp³-hybridized carbons (Fsp3) is 0.174. The van der Waals surface area contributed by atoms with Crippen LogP contribution < -0.4 is 15.8 Å². The quantitative estimate of drug-likeness (QED) is 0.518. The number of primary sulfonamides is 1. The highest BCUT2D eigenvalue weighted by Crippen LogP contribution is 2.20. The lowest BCUT2D eigenvalue weighted by molar-refractivity contribution is -0.118. The Balaban J connectivity index is 1.73. The lowest BCUT2D eigenvalue weighted by atomic mass is 9.98. The topological polar surface area (TPSA) is 101 Å². The van der Waals surface area contributed by atoms with Gasteiger partial charge in [-0.3, -0.25) is 10.1 Å². The predicted octanol–water partition coefficient (Wildman–Crippen LogP) is 3.23. The maximum Gasteiger partial charge on any atom is 0.241 e. The lowest BCUT2D eigenvalue weighted by Gasteiger charge is -2.24. The summed E-state index contributed by atoms with van der Waals surface area (Å²) in [5.41, 5.74) is 2.61. The highest BCUT2D eigenvalue weighted by atomic mass is 32.2. The monoisotopic (exact) mass is 423 g/mol. The van der Waals surface area contributed by atoms with Gasteiger partial charge in [-0.25, -0.2) is 13.6 Å². The Morgan fingerprint density at radius 3 is 2.20 bits per heavy atom. The molecule has 6 nitrogen and oxygen atoms in total. The Hall–Kier alpha value is -3.00. The highest BCUT2D eigenvalue weighted by Gasteiger charge is 2.20. The Morgan fingerprint density at radius 2 is 1.57 bits per heavy atom. The molecule has 0 fully saturated rings. The van der Waals surface area contributed by atoms with E-state index in [1.165, 1.54) is 18.2 Å². The number of anilines is 1. The van der Waals surface area contributed by atoms with Crippen LogP contribution in [0.25, 0.3) is 0 Å². The van der Waals surface area contributed by atoms with Crippen LogP contribution >= 0.6 is 0 Å². The lowest BCUT2D eigenvalue weighted by Crippen LogP contribution is -2.41. The van der Waals surface area contributed by atoms with Crippen LogP contribution in [0, 0.1) is 0 Å². The molecule has 0 radical (unpaired) electrons. The molecule has 0 aromatic heterocycles. The third kappa shape index (κ3) is 6.00. The standard InChI is InChI=1S/C23H25N3O3S/c1-17(23(27)26-20-13-8-14-21(16-20)30(24,28)29)25-22(19-11-6-3-7-12-19)15-18-9-4-2-5-10-18/h2-14,16-17,22,25H,15H2,1H3,(H,26,27)(H2,24,28,29). The van der Waals surface area contributed by atoms with Gasteiger partial charge in [-0.2, -0.15) is 0 Å². The Labute approximate surface area is 177 Å². The van der Waals surface area contributed by atoms with Gasteiger partial charge < -0.3 is 5.32 Å². The average molecular weight is 424 g/mol. The number of nitrogens with two attached hydrogens (primary N) is 1. The number of rotatable bonds is 8. The zero-order chi connectivity index (χ0) is 21.6. The zero-order valence-corrected chi connectivity index (χ0v) is 17.5. The number of carbonyl (C=O) groups excluding carboxylic acids is 1. The largest absolute Gasteiger partial charge is 0.325 e. The fourth-order valence-corrected chi connectivity index (χ4v) is 3.75. The molecule has 0 saturated heterocycles. The minimum Gasteiger partial charge on any atom is -0.325 e. The van der Waals surface area contributed by atoms with Crippen molar-refractivity contribution < 1.29 is 13.2 Å². The molecular formula is C23H25N3O3S. The number of carbonyl (C=O) groups is 1. The smallest absolute Gasteiger partial charge is 0.241 e. The molecule has 0 aliphatic carbocycles. The van der Waals surface area contributed by atoms with Crippen molar-refractivity contribution in [2.45, 2.75) is 30.3 Å². The van der Waals surface area contributed by atoms with Crippen LogP contribution in [0.2, 0.25) is 0 Å². The first-order valence-corrected chi connectivity index (χ1v) is 11.2. The van der Waals surface area contributed by atoms with E-state index in [9.17, 15) is 13.2 Å². The van der Waals surface area contributed by atoms with Crippen LogP contribution in [0.5, 0.6) is 0 Å². The van der Waals surface area contributed by atoms with Crippen LogP contribution in [0.1, 0.15) is 24.1 Å². The molecule has 2 unspecified atom stereocenters. The third-order valence-electron chi connectivity index (χ3n) is 4.76. The van der Waals surface area contributed by atoms with Crippen LogP contribution in [-0.4, -0.2) is 20.4 Å². The minimum absolute atomic E-state index is 0.0489. The first-order valence-electron chi connectivity index (χ1n) is 9.61. The molecule has 30 heavy (non-hydrogen) atoms. The van der Waals surface area contributed by atoms with E-state index in [4.69, 9.17) is 5.14 Å². The van der Waals surface area contributed by atoms with Gasteiger partial charge in [0.05, 0.1) is 10.9 Å². The van der Waals surface area contributed by atoms with Crippen molar-refractivity contribution in [1.29, 1.82) is 0 Å². The Morgan fingerprint density at radius 1 is 0.933 bits per heavy atom. The summed E-state index contributed by atoms with van der Waals surface area (Å²) in [5, 5.41) is 11.3. The van der Waals surface area contributed by atoms with Gasteiger partial charge in [0.15, 0.2) is 0 Å². The molecule has 0 spiro atoms. The normalized spacial score (nSPS) is 13.4. The number of hydrogen-bond acceptors (Lipinski definition) is 4. The van der Waals surface area contributed by atoms with Crippen molar-refractivity contribution in [3.05, 3.63) is 96.1 Å². The third-order valence-corrected chi connectivity index (χ3v) is 5.67. The van der Waals surface area contributed by atoms with Crippen molar-refractivity contribution >= 4 is 21.6 Å². The minimum atomic E-state index is -3.84. The summed E-state index contributed by atoms with van der Waals surface area (Å²) < 4.78 is 23.1. The van der Waals surface area contributed by atoms with Gasteiger partial charge in [0, 0.05) is 11.7 Å². The molecule has 0 aliphatic rings. The van der Waals surface area contributed by atoms with E-state index in [-0.39, 0.29) is 16.8 Å². The average Bonchev–Trinajstić information content (AvgIpc) is 2.74. The van der Waals surface area contributed by atoms with Crippen LogP contribution in [0.3, 0.4) is 0 Å². The Bertz CT molecular complexity index is 1090. The molecule has 3 aromatic carbocycles. The number of benzene rings is 3. The highest BCUT2D eigenvalue weighted by molar-refractivity contribution is 7.89. The summed E-state index contributed by atoms with van der Waals surface area (Å²) in [6, 6.07) is 25.3. The van der Waals surface area contributed by atoms with E-state index in [0.29, 0.717) is 5.69 Å². The van der Waals surface area contributed by atoms with Gasteiger partial charge in [-0.1, -0.05) is 66.7 Å². The molecule has 1 amide bonds. The summed E-state index contributed by atoms with van der Waals surface area (Å²) in [4.78, 5) is 12.7. The van der Waals surface area contributed by atoms with Gasteiger partial charge in [-0.05, 0) is 42.7 Å². The molecule has 0 heterocycles. The molecule has 4 N–H and O–H groups in total. The molecule has 0 bridgehead atoms. The first kappa shape index (κ1) is 21.7. The maximum atomic E-state index is 12.7. The number of nitrogens with one attached hydrogen (secondary N) is 2. The van der Waals surface area contributed by atoms with Crippen molar-refractivity contribution in [3.63, 3.8) is 0 Å². The van der Waals surface area contributed by atoms with Crippen molar-refractivity contribution in [3.8, 4) is 0 Å². The van der Waals surface area contributed by atoms with Crippen molar-refractivity contribution in [1.82, 2.24) is 5.32 Å². The van der Waals surface area contributed by atoms with Crippen LogP contribution in [0.15, 0.2) is 89.8 Å². The van der Waals surface area contributed by atoms with Gasteiger partial charge in [0.1, 0.15) is 0 Å². The molecule has 0 saturated carbocycles. The summed E-state index contributed by atoms with van der Waals surface area (Å²) in [6.07, 6.45) is 0.726. The van der Waals surface area contributed by atoms with Crippen LogP contribution in [-0.2, 0) is 21.2 Å². The second kappa shape index (κ2) is 9.67. The Kier molecular flexibility index (Phi) is 6.99. The van der Waals surface area contributed by atoms with Gasteiger partial charge in [0.2, 0.25) is 15.9 Å². The van der Waals surface area contributed by atoms with Gasteiger partial charge in [0.25, 0.3) is 0 Å². The predicted molar refractivity (Wildman–Crippen MR) is 118 cm³/mol. The van der Waals surface area contributed by atoms with E-state index in [1.807, 2.05) is 48.5 Å². The molecular weight excluding hydrogens is 398 g/mol. The molecule has 3 rings (SSSR count). The number of sulfonamides is 1. The summed E-state index contributed by atoms with van der Waals surface area (Å²) >= 11 is 0. The van der Waals surface area contributed by atoms with Gasteiger partial charge in [-0.15, -0.1) is 0 Å².